The zero-order valence-corrected chi connectivity index (χ0v) is 16.4. The molecule has 0 aliphatic carbocycles. The minimum atomic E-state index is -0.153. The highest BCUT2D eigenvalue weighted by molar-refractivity contribution is 7.99. The van der Waals surface area contributed by atoms with Gasteiger partial charge in [0, 0.05) is 5.02 Å². The van der Waals surface area contributed by atoms with E-state index >= 15 is 0 Å². The van der Waals surface area contributed by atoms with Crippen molar-refractivity contribution < 1.29 is 4.74 Å². The first-order valence-electron chi connectivity index (χ1n) is 8.54. The Bertz CT molecular complexity index is 1160. The first-order valence-corrected chi connectivity index (χ1v) is 9.79. The summed E-state index contributed by atoms with van der Waals surface area (Å²) in [4.78, 5) is 24.0. The van der Waals surface area contributed by atoms with E-state index in [0.29, 0.717) is 38.5 Å². The summed E-state index contributed by atoms with van der Waals surface area (Å²) < 4.78 is 5.65. The van der Waals surface area contributed by atoms with Gasteiger partial charge in [-0.2, -0.15) is 0 Å². The number of hydrogen-bond acceptors (Lipinski definition) is 6. The number of nitrogens with zero attached hydrogens (tertiary/aromatic N) is 3. The van der Waals surface area contributed by atoms with Gasteiger partial charge in [0.15, 0.2) is 5.82 Å². The first-order chi connectivity index (χ1) is 13.6. The predicted molar refractivity (Wildman–Crippen MR) is 109 cm³/mol. The molecule has 0 bridgehead atoms. The van der Waals surface area contributed by atoms with Crippen molar-refractivity contribution in [1.82, 2.24) is 25.1 Å². The van der Waals surface area contributed by atoms with E-state index in [1.807, 2.05) is 25.1 Å². The Labute approximate surface area is 169 Å². The molecule has 0 aliphatic heterocycles. The maximum absolute atomic E-state index is 12.2. The van der Waals surface area contributed by atoms with Gasteiger partial charge in [-0.15, -0.1) is 5.10 Å². The molecule has 2 heterocycles. The van der Waals surface area contributed by atoms with Crippen LogP contribution in [0.2, 0.25) is 5.02 Å². The number of para-hydroxylation sites is 1. The topological polar surface area (TPSA) is 96.5 Å². The zero-order valence-electron chi connectivity index (χ0n) is 14.8. The minimum absolute atomic E-state index is 0.127. The number of thioether (sulfide) groups is 1. The van der Waals surface area contributed by atoms with Crippen LogP contribution in [0.5, 0.6) is 5.75 Å². The number of aromatic amines is 2. The lowest BCUT2D eigenvalue weighted by atomic mass is 10.2. The van der Waals surface area contributed by atoms with Crippen LogP contribution in [-0.2, 0) is 6.61 Å². The monoisotopic (exact) mass is 413 g/mol. The molecule has 0 amide bonds. The van der Waals surface area contributed by atoms with Crippen LogP contribution in [0.3, 0.4) is 0 Å². The first kappa shape index (κ1) is 18.5. The molecule has 0 radical (unpaired) electrons. The zero-order chi connectivity index (χ0) is 19.5. The molecule has 0 aliphatic rings. The van der Waals surface area contributed by atoms with Crippen molar-refractivity contribution in [3.05, 3.63) is 75.6 Å². The van der Waals surface area contributed by atoms with Crippen molar-refractivity contribution in [1.29, 1.82) is 0 Å². The molecule has 1 unspecified atom stereocenters. The molecule has 0 saturated heterocycles. The molecule has 4 aromatic rings. The molecule has 1 atom stereocenters. The maximum atomic E-state index is 12.2. The second-order valence-corrected chi connectivity index (χ2v) is 7.78. The Morgan fingerprint density at radius 1 is 1.14 bits per heavy atom. The highest BCUT2D eigenvalue weighted by Crippen LogP contribution is 2.30. The number of aromatic nitrogens is 5. The largest absolute Gasteiger partial charge is 0.486 e. The van der Waals surface area contributed by atoms with Crippen LogP contribution in [0.1, 0.15) is 23.8 Å². The fourth-order valence-corrected chi connectivity index (χ4v) is 3.52. The van der Waals surface area contributed by atoms with Crippen molar-refractivity contribution in [2.45, 2.75) is 23.9 Å². The maximum Gasteiger partial charge on any atom is 0.258 e. The Balaban J connectivity index is 1.43. The van der Waals surface area contributed by atoms with Crippen LogP contribution < -0.4 is 10.3 Å². The molecular weight excluding hydrogens is 398 g/mol. The van der Waals surface area contributed by atoms with Crippen molar-refractivity contribution in [3.8, 4) is 5.75 Å². The van der Waals surface area contributed by atoms with Gasteiger partial charge in [-0.05, 0) is 43.3 Å². The average molecular weight is 414 g/mol. The third-order valence-corrected chi connectivity index (χ3v) is 5.22. The van der Waals surface area contributed by atoms with Crippen LogP contribution in [-0.4, -0.2) is 25.1 Å². The van der Waals surface area contributed by atoms with Crippen molar-refractivity contribution in [2.24, 2.45) is 0 Å². The predicted octanol–water partition coefficient (Wildman–Crippen LogP) is 4.13. The summed E-state index contributed by atoms with van der Waals surface area (Å²) in [6.45, 7) is 2.20. The van der Waals surface area contributed by atoms with Crippen LogP contribution in [0, 0.1) is 0 Å². The summed E-state index contributed by atoms with van der Waals surface area (Å²) in [6, 6.07) is 14.4. The molecule has 2 N–H and O–H groups in total. The van der Waals surface area contributed by atoms with Gasteiger partial charge in [0.1, 0.15) is 18.2 Å². The number of fused-ring (bicyclic) bond motifs is 1. The number of benzene rings is 2. The lowest BCUT2D eigenvalue weighted by molar-refractivity contribution is 0.296. The van der Waals surface area contributed by atoms with Gasteiger partial charge >= 0.3 is 0 Å². The molecule has 4 rings (SSSR count). The summed E-state index contributed by atoms with van der Waals surface area (Å²) in [5.74, 6) is 1.88. The summed E-state index contributed by atoms with van der Waals surface area (Å²) in [5.41, 5.74) is 0.515. The number of rotatable bonds is 6. The molecule has 7 nitrogen and oxygen atoms in total. The van der Waals surface area contributed by atoms with Crippen LogP contribution >= 0.6 is 23.4 Å². The Morgan fingerprint density at radius 2 is 1.93 bits per heavy atom. The van der Waals surface area contributed by atoms with Crippen LogP contribution in [0.25, 0.3) is 10.9 Å². The lowest BCUT2D eigenvalue weighted by Crippen LogP contribution is -2.12. The fraction of sp³-hybridized carbons (Fsp3) is 0.158. The van der Waals surface area contributed by atoms with Gasteiger partial charge in [0.05, 0.1) is 16.2 Å². The normalized spacial score (nSPS) is 12.2. The van der Waals surface area contributed by atoms with Gasteiger partial charge in [-0.3, -0.25) is 9.89 Å². The van der Waals surface area contributed by atoms with Gasteiger partial charge in [0.25, 0.3) is 5.56 Å². The molecule has 28 heavy (non-hydrogen) atoms. The highest BCUT2D eigenvalue weighted by atomic mass is 35.5. The lowest BCUT2D eigenvalue weighted by Gasteiger charge is -2.08. The number of ether oxygens (including phenoxy) is 1. The van der Waals surface area contributed by atoms with E-state index in [1.54, 1.807) is 30.3 Å². The summed E-state index contributed by atoms with van der Waals surface area (Å²) in [6.07, 6.45) is 0. The van der Waals surface area contributed by atoms with E-state index in [4.69, 9.17) is 16.3 Å². The van der Waals surface area contributed by atoms with E-state index in [-0.39, 0.29) is 17.4 Å². The van der Waals surface area contributed by atoms with E-state index in [9.17, 15) is 4.79 Å². The van der Waals surface area contributed by atoms with Gasteiger partial charge in [0.2, 0.25) is 5.16 Å². The number of H-pyrrole nitrogens is 2. The summed E-state index contributed by atoms with van der Waals surface area (Å²) >= 11 is 7.26. The summed E-state index contributed by atoms with van der Waals surface area (Å²) in [7, 11) is 0. The van der Waals surface area contributed by atoms with Gasteiger partial charge < -0.3 is 9.72 Å². The van der Waals surface area contributed by atoms with Gasteiger partial charge in [-0.1, -0.05) is 35.5 Å². The number of nitrogens with one attached hydrogen (secondary N) is 2. The molecule has 0 fully saturated rings. The van der Waals surface area contributed by atoms with Crippen LogP contribution in [0.15, 0.2) is 58.5 Å². The molecule has 9 heteroatoms. The quantitative estimate of drug-likeness (QED) is 0.461. The third-order valence-electron chi connectivity index (χ3n) is 4.00. The standard InChI is InChI=1S/C19H16ClN5O2S/c1-11(17-21-15-5-3-2-4-14(15)18(26)23-17)28-19-22-16(24-25-19)10-27-13-8-6-12(20)7-9-13/h2-9,11H,10H2,1H3,(H,21,23,26)(H,22,24,25). The molecule has 2 aromatic heterocycles. The Morgan fingerprint density at radius 3 is 2.75 bits per heavy atom. The van der Waals surface area contributed by atoms with Crippen molar-refractivity contribution in [2.75, 3.05) is 0 Å². The van der Waals surface area contributed by atoms with Crippen molar-refractivity contribution in [3.63, 3.8) is 0 Å². The van der Waals surface area contributed by atoms with E-state index in [0.717, 1.165) is 0 Å². The van der Waals surface area contributed by atoms with Crippen molar-refractivity contribution >= 4 is 34.3 Å². The van der Waals surface area contributed by atoms with E-state index in [2.05, 4.69) is 25.1 Å². The average Bonchev–Trinajstić information content (AvgIpc) is 3.15. The Kier molecular flexibility index (Phi) is 5.31. The smallest absolute Gasteiger partial charge is 0.258 e. The second-order valence-electron chi connectivity index (χ2n) is 6.04. The molecular formula is C19H16ClN5O2S. The molecule has 0 spiro atoms. The number of hydrogen-bond donors (Lipinski definition) is 2. The van der Waals surface area contributed by atoms with E-state index < -0.39 is 0 Å². The minimum Gasteiger partial charge on any atom is -0.486 e. The third kappa shape index (κ3) is 4.18. The number of halogens is 1. The van der Waals surface area contributed by atoms with E-state index in [1.165, 1.54) is 11.8 Å². The fourth-order valence-electron chi connectivity index (χ4n) is 2.59. The molecule has 0 saturated carbocycles. The Hall–Kier alpha value is -2.84. The van der Waals surface area contributed by atoms with Gasteiger partial charge in [-0.25, -0.2) is 9.97 Å². The van der Waals surface area contributed by atoms with Crippen LogP contribution in [0.4, 0.5) is 0 Å². The summed E-state index contributed by atoms with van der Waals surface area (Å²) in [5, 5.41) is 8.71. The molecule has 2 aromatic carbocycles. The second kappa shape index (κ2) is 8.04. The highest BCUT2D eigenvalue weighted by Gasteiger charge is 2.15. The SMILES string of the molecule is CC(Sc1n[nH]c(COc2ccc(Cl)cc2)n1)c1nc2ccccc2c(=O)[nH]1. The molecule has 142 valence electrons.